The van der Waals surface area contributed by atoms with Crippen LogP contribution < -0.4 is 0 Å². The number of unbranched alkanes of at least 4 members (excludes halogenated alkanes) is 1. The summed E-state index contributed by atoms with van der Waals surface area (Å²) in [5, 5.41) is 9.29. The number of rotatable bonds is 4. The van der Waals surface area contributed by atoms with Gasteiger partial charge in [0.15, 0.2) is 0 Å². The number of phenolic OH excluding ortho intramolecular Hbond substituents is 1. The highest BCUT2D eigenvalue weighted by atomic mass is 16.3. The number of piperidine rings is 1. The number of benzene rings is 1. The minimum Gasteiger partial charge on any atom is -0.508 e. The lowest BCUT2D eigenvalue weighted by Crippen LogP contribution is -2.33. The molecule has 1 fully saturated rings. The van der Waals surface area contributed by atoms with Crippen molar-refractivity contribution in [3.8, 4) is 5.75 Å². The maximum Gasteiger partial charge on any atom is 0.115 e. The van der Waals surface area contributed by atoms with E-state index in [1.807, 2.05) is 0 Å². The predicted molar refractivity (Wildman–Crippen MR) is 71.4 cm³/mol. The van der Waals surface area contributed by atoms with E-state index in [-0.39, 0.29) is 0 Å². The van der Waals surface area contributed by atoms with Gasteiger partial charge in [0.2, 0.25) is 0 Å². The zero-order chi connectivity index (χ0) is 12.1. The van der Waals surface area contributed by atoms with Crippen molar-refractivity contribution in [1.82, 2.24) is 4.90 Å². The van der Waals surface area contributed by atoms with E-state index in [0.717, 1.165) is 0 Å². The van der Waals surface area contributed by atoms with Gasteiger partial charge in [0.1, 0.15) is 5.75 Å². The highest BCUT2D eigenvalue weighted by Crippen LogP contribution is 2.28. The Labute approximate surface area is 104 Å². The normalized spacial score (nSPS) is 18.4. The molecule has 1 saturated heterocycles. The van der Waals surface area contributed by atoms with Crippen LogP contribution in [0.4, 0.5) is 0 Å². The van der Waals surface area contributed by atoms with Gasteiger partial charge in [0.25, 0.3) is 0 Å². The fourth-order valence-corrected chi connectivity index (χ4v) is 2.62. The number of phenols is 1. The highest BCUT2D eigenvalue weighted by Gasteiger charge is 2.19. The van der Waals surface area contributed by atoms with Crippen molar-refractivity contribution in [2.75, 3.05) is 19.6 Å². The van der Waals surface area contributed by atoms with Crippen LogP contribution in [0, 0.1) is 0 Å². The van der Waals surface area contributed by atoms with Gasteiger partial charge >= 0.3 is 0 Å². The summed E-state index contributed by atoms with van der Waals surface area (Å²) in [6, 6.07) is 7.75. The average molecular weight is 233 g/mol. The van der Waals surface area contributed by atoms with Crippen LogP contribution in [0.3, 0.4) is 0 Å². The fraction of sp³-hybridized carbons (Fsp3) is 0.600. The molecule has 0 amide bonds. The van der Waals surface area contributed by atoms with Crippen LogP contribution >= 0.6 is 0 Å². The van der Waals surface area contributed by atoms with Gasteiger partial charge < -0.3 is 10.0 Å². The Bertz CT molecular complexity index is 325. The van der Waals surface area contributed by atoms with Gasteiger partial charge in [-0.3, -0.25) is 0 Å². The van der Waals surface area contributed by atoms with Crippen molar-refractivity contribution < 1.29 is 5.11 Å². The van der Waals surface area contributed by atoms with Crippen LogP contribution in [0.1, 0.15) is 44.1 Å². The van der Waals surface area contributed by atoms with Crippen LogP contribution in [0.2, 0.25) is 0 Å². The van der Waals surface area contributed by atoms with Crippen molar-refractivity contribution in [1.29, 1.82) is 0 Å². The molecule has 1 aromatic rings. The Hall–Kier alpha value is -1.02. The van der Waals surface area contributed by atoms with Gasteiger partial charge in [-0.05, 0) is 62.5 Å². The molecular weight excluding hydrogens is 210 g/mol. The van der Waals surface area contributed by atoms with Crippen LogP contribution in [0.15, 0.2) is 24.3 Å². The fourth-order valence-electron chi connectivity index (χ4n) is 2.62. The molecule has 0 spiro atoms. The molecule has 0 saturated carbocycles. The molecule has 94 valence electrons. The zero-order valence-electron chi connectivity index (χ0n) is 10.7. The SMILES string of the molecule is CCCCN1CCC(c2ccc(O)cc2)CC1. The summed E-state index contributed by atoms with van der Waals surface area (Å²) in [5.41, 5.74) is 1.39. The number of aromatic hydroxyl groups is 1. The molecule has 17 heavy (non-hydrogen) atoms. The molecular formula is C15H23NO. The second-order valence-electron chi connectivity index (χ2n) is 5.06. The summed E-state index contributed by atoms with van der Waals surface area (Å²) in [5.74, 6) is 1.06. The van der Waals surface area contributed by atoms with E-state index in [0.29, 0.717) is 11.7 Å². The van der Waals surface area contributed by atoms with Crippen molar-refractivity contribution in [2.45, 2.75) is 38.5 Å². The number of hydrogen-bond acceptors (Lipinski definition) is 2. The summed E-state index contributed by atoms with van der Waals surface area (Å²) >= 11 is 0. The molecule has 1 aliphatic heterocycles. The monoisotopic (exact) mass is 233 g/mol. The molecule has 0 aliphatic carbocycles. The van der Waals surface area contributed by atoms with Crippen molar-refractivity contribution in [3.63, 3.8) is 0 Å². The topological polar surface area (TPSA) is 23.5 Å². The first-order chi connectivity index (χ1) is 8.29. The largest absolute Gasteiger partial charge is 0.508 e. The molecule has 0 radical (unpaired) electrons. The maximum absolute atomic E-state index is 9.29. The third kappa shape index (κ3) is 3.47. The second-order valence-corrected chi connectivity index (χ2v) is 5.06. The van der Waals surface area contributed by atoms with E-state index < -0.39 is 0 Å². The lowest BCUT2D eigenvalue weighted by molar-refractivity contribution is 0.209. The van der Waals surface area contributed by atoms with Crippen molar-refractivity contribution in [3.05, 3.63) is 29.8 Å². The first-order valence-electron chi connectivity index (χ1n) is 6.81. The molecule has 1 aromatic carbocycles. The molecule has 0 unspecified atom stereocenters. The highest BCUT2D eigenvalue weighted by molar-refractivity contribution is 5.28. The van der Waals surface area contributed by atoms with Crippen LogP contribution in [0.25, 0.3) is 0 Å². The summed E-state index contributed by atoms with van der Waals surface area (Å²) in [4.78, 5) is 2.58. The molecule has 1 N–H and O–H groups in total. The summed E-state index contributed by atoms with van der Waals surface area (Å²) in [6.45, 7) is 5.97. The quantitative estimate of drug-likeness (QED) is 0.862. The van der Waals surface area contributed by atoms with Gasteiger partial charge in [0, 0.05) is 0 Å². The standard InChI is InChI=1S/C15H23NO/c1-2-3-10-16-11-8-14(9-12-16)13-4-6-15(17)7-5-13/h4-7,14,17H,2-3,8-12H2,1H3. The van der Waals surface area contributed by atoms with Crippen LogP contribution in [0.5, 0.6) is 5.75 Å². The van der Waals surface area contributed by atoms with E-state index in [2.05, 4.69) is 24.0 Å². The smallest absolute Gasteiger partial charge is 0.115 e. The van der Waals surface area contributed by atoms with Gasteiger partial charge in [-0.1, -0.05) is 25.5 Å². The third-order valence-corrected chi connectivity index (χ3v) is 3.78. The van der Waals surface area contributed by atoms with Gasteiger partial charge in [-0.2, -0.15) is 0 Å². The molecule has 2 nitrogen and oxygen atoms in total. The summed E-state index contributed by atoms with van der Waals surface area (Å²) < 4.78 is 0. The van der Waals surface area contributed by atoms with Crippen molar-refractivity contribution in [2.24, 2.45) is 0 Å². The predicted octanol–water partition coefficient (Wildman–Crippen LogP) is 3.37. The Kier molecular flexibility index (Phi) is 4.43. The number of nitrogens with zero attached hydrogens (tertiary/aromatic N) is 1. The molecule has 1 heterocycles. The first-order valence-corrected chi connectivity index (χ1v) is 6.81. The number of hydrogen-bond donors (Lipinski definition) is 1. The van der Waals surface area contributed by atoms with Crippen LogP contribution in [-0.2, 0) is 0 Å². The number of likely N-dealkylation sites (tertiary alicyclic amines) is 1. The molecule has 0 atom stereocenters. The van der Waals surface area contributed by atoms with E-state index in [9.17, 15) is 5.11 Å². The molecule has 1 aliphatic rings. The maximum atomic E-state index is 9.29. The lowest BCUT2D eigenvalue weighted by atomic mass is 9.89. The minimum atomic E-state index is 0.370. The molecule has 0 aromatic heterocycles. The molecule has 2 rings (SSSR count). The molecule has 2 heteroatoms. The second kappa shape index (κ2) is 6.06. The van der Waals surface area contributed by atoms with E-state index in [1.54, 1.807) is 12.1 Å². The Morgan fingerprint density at radius 3 is 2.41 bits per heavy atom. The Morgan fingerprint density at radius 2 is 1.82 bits per heavy atom. The van der Waals surface area contributed by atoms with Gasteiger partial charge in [-0.15, -0.1) is 0 Å². The Balaban J connectivity index is 1.84. The Morgan fingerprint density at radius 1 is 1.18 bits per heavy atom. The van der Waals surface area contributed by atoms with Gasteiger partial charge in [0.05, 0.1) is 0 Å². The average Bonchev–Trinajstić information content (AvgIpc) is 2.38. The van der Waals surface area contributed by atoms with E-state index in [1.165, 1.54) is 50.9 Å². The van der Waals surface area contributed by atoms with E-state index >= 15 is 0 Å². The van der Waals surface area contributed by atoms with Crippen molar-refractivity contribution >= 4 is 0 Å². The lowest BCUT2D eigenvalue weighted by Gasteiger charge is -2.32. The van der Waals surface area contributed by atoms with E-state index in [4.69, 9.17) is 0 Å². The van der Waals surface area contributed by atoms with Gasteiger partial charge in [-0.25, -0.2) is 0 Å². The third-order valence-electron chi connectivity index (χ3n) is 3.78. The molecule has 0 bridgehead atoms. The van der Waals surface area contributed by atoms with Crippen LogP contribution in [-0.4, -0.2) is 29.6 Å². The first kappa shape index (κ1) is 12.4. The summed E-state index contributed by atoms with van der Waals surface area (Å²) in [6.07, 6.45) is 5.13. The summed E-state index contributed by atoms with van der Waals surface area (Å²) in [7, 11) is 0. The minimum absolute atomic E-state index is 0.370. The zero-order valence-corrected chi connectivity index (χ0v) is 10.7.